The zero-order chi connectivity index (χ0) is 29.1. The molecule has 2 aliphatic rings. The minimum atomic E-state index is -3.52. The van der Waals surface area contributed by atoms with E-state index < -0.39 is 15.1 Å². The number of para-hydroxylation sites is 1. The van der Waals surface area contributed by atoms with E-state index in [9.17, 15) is 8.42 Å². The molecule has 0 bridgehead atoms. The Hall–Kier alpha value is -3.63. The second kappa shape index (κ2) is 10.3. The largest absolute Gasteiger partial charge is 0.468 e. The number of nitrogens with zero attached hydrogens (tertiary/aromatic N) is 4. The van der Waals surface area contributed by atoms with E-state index in [1.54, 1.807) is 32.0 Å². The van der Waals surface area contributed by atoms with Crippen molar-refractivity contribution in [3.63, 3.8) is 0 Å². The molecule has 0 saturated carbocycles. The lowest BCUT2D eigenvalue weighted by molar-refractivity contribution is 0.249. The molecule has 0 amide bonds. The van der Waals surface area contributed by atoms with Gasteiger partial charge in [0.05, 0.1) is 26.9 Å². The van der Waals surface area contributed by atoms with Crippen LogP contribution in [0.3, 0.4) is 0 Å². The van der Waals surface area contributed by atoms with E-state index in [-0.39, 0.29) is 11.1 Å². The summed E-state index contributed by atoms with van der Waals surface area (Å²) >= 11 is 0. The fraction of sp³-hybridized carbons (Fsp3) is 0.419. The molecule has 4 heterocycles. The van der Waals surface area contributed by atoms with E-state index >= 15 is 0 Å². The van der Waals surface area contributed by atoms with Crippen LogP contribution in [0.5, 0.6) is 5.75 Å². The topological polar surface area (TPSA) is 103 Å². The second-order valence-electron chi connectivity index (χ2n) is 11.6. The molecular weight excluding hydrogens is 536 g/mol. The first-order valence-corrected chi connectivity index (χ1v) is 15.8. The van der Waals surface area contributed by atoms with Gasteiger partial charge in [-0.05, 0) is 115 Å². The maximum Gasteiger partial charge on any atom is 0.237 e. The molecule has 2 aliphatic heterocycles. The Morgan fingerprint density at radius 1 is 1.07 bits per heavy atom. The molecule has 10 heteroatoms. The Balaban J connectivity index is 1.42. The predicted molar refractivity (Wildman–Crippen MR) is 164 cm³/mol. The van der Waals surface area contributed by atoms with Gasteiger partial charge < -0.3 is 19.9 Å². The van der Waals surface area contributed by atoms with Gasteiger partial charge in [-0.1, -0.05) is 12.1 Å². The number of piperidine rings is 1. The molecule has 41 heavy (non-hydrogen) atoms. The monoisotopic (exact) mass is 574 g/mol. The first kappa shape index (κ1) is 27.5. The Kier molecular flexibility index (Phi) is 6.94. The fourth-order valence-corrected chi connectivity index (χ4v) is 7.17. The smallest absolute Gasteiger partial charge is 0.237 e. The zero-order valence-electron chi connectivity index (χ0n) is 24.5. The average molecular weight is 575 g/mol. The number of rotatable bonds is 6. The lowest BCUT2D eigenvalue weighted by Gasteiger charge is -2.30. The molecule has 216 valence electrons. The van der Waals surface area contributed by atoms with Crippen LogP contribution in [0.25, 0.3) is 11.0 Å². The van der Waals surface area contributed by atoms with Crippen LogP contribution >= 0.6 is 0 Å². The molecule has 1 atom stereocenters. The van der Waals surface area contributed by atoms with Gasteiger partial charge in [0.15, 0.2) is 16.1 Å². The summed E-state index contributed by atoms with van der Waals surface area (Å²) in [6.45, 7) is 11.7. The Labute approximate surface area is 241 Å². The van der Waals surface area contributed by atoms with Crippen LogP contribution in [0.2, 0.25) is 0 Å². The summed E-state index contributed by atoms with van der Waals surface area (Å²) in [4.78, 5) is 17.8. The number of aromatic nitrogens is 3. The molecule has 1 saturated heterocycles. The fourth-order valence-electron chi connectivity index (χ4n) is 5.96. The molecule has 6 rings (SSSR count). The molecule has 2 N–H and O–H groups in total. The van der Waals surface area contributed by atoms with E-state index in [1.807, 2.05) is 30.9 Å². The van der Waals surface area contributed by atoms with E-state index in [0.717, 1.165) is 48.4 Å². The van der Waals surface area contributed by atoms with Gasteiger partial charge in [0.2, 0.25) is 5.95 Å². The Bertz CT molecular complexity index is 1720. The third kappa shape index (κ3) is 4.93. The molecule has 2 aromatic heterocycles. The van der Waals surface area contributed by atoms with Crippen molar-refractivity contribution in [2.75, 3.05) is 30.4 Å². The summed E-state index contributed by atoms with van der Waals surface area (Å²) in [6, 6.07) is 13.3. The SMILES string of the molecule is Cc1cc2c(Nc3ccccc3S(=O)(=O)C(C)C)nc(N3c4cc(C)c(C5CCN(C)CC5)cc4OC3C)nc2[nH]1. The van der Waals surface area contributed by atoms with E-state index in [0.29, 0.717) is 29.0 Å². The van der Waals surface area contributed by atoms with Crippen LogP contribution < -0.4 is 15.0 Å². The zero-order valence-corrected chi connectivity index (χ0v) is 25.3. The molecule has 4 aromatic rings. The van der Waals surface area contributed by atoms with Crippen LogP contribution in [-0.4, -0.2) is 59.9 Å². The van der Waals surface area contributed by atoms with Crippen LogP contribution in [-0.2, 0) is 9.84 Å². The van der Waals surface area contributed by atoms with Gasteiger partial charge in [-0.25, -0.2) is 8.42 Å². The molecule has 1 fully saturated rings. The molecule has 0 spiro atoms. The van der Waals surface area contributed by atoms with Crippen molar-refractivity contribution in [3.8, 4) is 5.75 Å². The molecular formula is C31H38N6O3S. The van der Waals surface area contributed by atoms with Crippen LogP contribution in [0.4, 0.5) is 23.1 Å². The van der Waals surface area contributed by atoms with Gasteiger partial charge in [-0.15, -0.1) is 0 Å². The summed E-state index contributed by atoms with van der Waals surface area (Å²) in [5.41, 5.74) is 5.61. The quantitative estimate of drug-likeness (QED) is 0.281. The number of likely N-dealkylation sites (tertiary alicyclic amines) is 1. The number of nitrogens with one attached hydrogen (secondary N) is 2. The molecule has 9 nitrogen and oxygen atoms in total. The minimum Gasteiger partial charge on any atom is -0.468 e. The van der Waals surface area contributed by atoms with Crippen molar-refractivity contribution in [3.05, 3.63) is 59.3 Å². The number of benzene rings is 2. The van der Waals surface area contributed by atoms with Gasteiger partial charge in [0.1, 0.15) is 17.2 Å². The highest BCUT2D eigenvalue weighted by Gasteiger charge is 2.34. The van der Waals surface area contributed by atoms with Crippen LogP contribution in [0.1, 0.15) is 56.4 Å². The average Bonchev–Trinajstić information content (AvgIpc) is 3.46. The van der Waals surface area contributed by atoms with Crippen LogP contribution in [0.15, 0.2) is 47.4 Å². The summed E-state index contributed by atoms with van der Waals surface area (Å²) in [5.74, 6) is 2.37. The lowest BCUT2D eigenvalue weighted by atomic mass is 9.86. The van der Waals surface area contributed by atoms with Gasteiger partial charge in [-0.2, -0.15) is 9.97 Å². The van der Waals surface area contributed by atoms with Crippen molar-refractivity contribution >= 4 is 44.0 Å². The lowest BCUT2D eigenvalue weighted by Crippen LogP contribution is -2.29. The normalized spacial score (nSPS) is 18.2. The van der Waals surface area contributed by atoms with Gasteiger partial charge in [-0.3, -0.25) is 4.90 Å². The summed E-state index contributed by atoms with van der Waals surface area (Å²) in [5, 5.41) is 3.57. The van der Waals surface area contributed by atoms with Crippen molar-refractivity contribution in [1.82, 2.24) is 19.9 Å². The standard InChI is InChI=1S/C31H38N6O3S/c1-18(2)41(38,39)28-10-8-7-9-25(28)33-30-24-16-20(4)32-29(24)34-31(35-30)37-21(5)40-27-17-23(19(3)15-26(27)37)22-11-13-36(6)14-12-22/h7-10,15-18,21-22H,11-14H2,1-6H3,(H2,32,33,34,35). The number of sulfone groups is 1. The number of anilines is 4. The minimum absolute atomic E-state index is 0.246. The number of aromatic amines is 1. The van der Waals surface area contributed by atoms with Crippen molar-refractivity contribution < 1.29 is 13.2 Å². The Morgan fingerprint density at radius 3 is 2.54 bits per heavy atom. The highest BCUT2D eigenvalue weighted by Crippen LogP contribution is 2.45. The Morgan fingerprint density at radius 2 is 1.80 bits per heavy atom. The van der Waals surface area contributed by atoms with Gasteiger partial charge in [0, 0.05) is 5.69 Å². The highest BCUT2D eigenvalue weighted by atomic mass is 32.2. The first-order valence-electron chi connectivity index (χ1n) is 14.3. The van der Waals surface area contributed by atoms with E-state index in [2.05, 4.69) is 41.3 Å². The number of hydrogen-bond donors (Lipinski definition) is 2. The number of hydrogen-bond acceptors (Lipinski definition) is 8. The van der Waals surface area contributed by atoms with Crippen molar-refractivity contribution in [2.24, 2.45) is 0 Å². The summed E-state index contributed by atoms with van der Waals surface area (Å²) in [7, 11) is -1.34. The number of ether oxygens (including phenoxy) is 1. The van der Waals surface area contributed by atoms with Crippen LogP contribution in [0, 0.1) is 13.8 Å². The highest BCUT2D eigenvalue weighted by molar-refractivity contribution is 7.92. The second-order valence-corrected chi connectivity index (χ2v) is 14.1. The molecule has 0 aliphatic carbocycles. The van der Waals surface area contributed by atoms with Crippen molar-refractivity contribution in [1.29, 1.82) is 0 Å². The summed E-state index contributed by atoms with van der Waals surface area (Å²) in [6.07, 6.45) is 1.97. The predicted octanol–water partition coefficient (Wildman–Crippen LogP) is 6.19. The maximum atomic E-state index is 13.2. The van der Waals surface area contributed by atoms with E-state index in [4.69, 9.17) is 14.7 Å². The maximum absolute atomic E-state index is 13.2. The number of aryl methyl sites for hydroxylation is 2. The van der Waals surface area contributed by atoms with Gasteiger partial charge >= 0.3 is 0 Å². The van der Waals surface area contributed by atoms with E-state index in [1.165, 1.54) is 11.1 Å². The molecule has 1 unspecified atom stereocenters. The molecule has 0 radical (unpaired) electrons. The van der Waals surface area contributed by atoms with Crippen molar-refractivity contribution in [2.45, 2.75) is 69.8 Å². The third-order valence-electron chi connectivity index (χ3n) is 8.32. The first-order chi connectivity index (χ1) is 19.5. The molecule has 2 aromatic carbocycles. The summed E-state index contributed by atoms with van der Waals surface area (Å²) < 4.78 is 32.7. The van der Waals surface area contributed by atoms with Gasteiger partial charge in [0.25, 0.3) is 0 Å². The third-order valence-corrected chi connectivity index (χ3v) is 10.5. The number of H-pyrrole nitrogens is 1. The number of fused-ring (bicyclic) bond motifs is 2.